The number of amides is 1. The maximum absolute atomic E-state index is 13.3. The summed E-state index contributed by atoms with van der Waals surface area (Å²) in [5, 5.41) is 5.48. The van der Waals surface area contributed by atoms with E-state index in [9.17, 15) is 26.4 Å². The number of halogens is 3. The summed E-state index contributed by atoms with van der Waals surface area (Å²) in [6, 6.07) is 17.3. The standard InChI is InChI=1S/C21H17F3N2O3S/c22-16-7-4-6-15(12-16)20(27)26-17-8-3-5-14(11-17)13-25-18-9-1-2-10-19(18)30(28,29)21(23)24/h1-12,21,25H,13H2,(H,26,27). The van der Waals surface area contributed by atoms with E-state index >= 15 is 0 Å². The molecule has 30 heavy (non-hydrogen) atoms. The highest BCUT2D eigenvalue weighted by molar-refractivity contribution is 7.91. The molecule has 9 heteroatoms. The average Bonchev–Trinajstić information content (AvgIpc) is 2.72. The second-order valence-corrected chi connectivity index (χ2v) is 8.21. The van der Waals surface area contributed by atoms with Crippen molar-refractivity contribution in [3.05, 3.63) is 89.7 Å². The molecule has 5 nitrogen and oxygen atoms in total. The van der Waals surface area contributed by atoms with E-state index in [-0.39, 0.29) is 17.8 Å². The van der Waals surface area contributed by atoms with Crippen LogP contribution in [-0.4, -0.2) is 20.1 Å². The number of carbonyl (C=O) groups is 1. The molecule has 0 saturated carbocycles. The molecule has 0 fully saturated rings. The second-order valence-electron chi connectivity index (χ2n) is 6.32. The predicted molar refractivity (Wildman–Crippen MR) is 108 cm³/mol. The zero-order valence-electron chi connectivity index (χ0n) is 15.5. The molecule has 0 aromatic heterocycles. The normalized spacial score (nSPS) is 11.3. The van der Waals surface area contributed by atoms with Crippen molar-refractivity contribution in [1.82, 2.24) is 0 Å². The zero-order chi connectivity index (χ0) is 21.7. The highest BCUT2D eigenvalue weighted by Crippen LogP contribution is 2.26. The van der Waals surface area contributed by atoms with Gasteiger partial charge in [0.15, 0.2) is 0 Å². The minimum Gasteiger partial charge on any atom is -0.380 e. The van der Waals surface area contributed by atoms with Gasteiger partial charge in [0.2, 0.25) is 9.84 Å². The van der Waals surface area contributed by atoms with Crippen molar-refractivity contribution in [2.24, 2.45) is 0 Å². The van der Waals surface area contributed by atoms with Gasteiger partial charge in [-0.05, 0) is 48.0 Å². The van der Waals surface area contributed by atoms with Gasteiger partial charge in [0, 0.05) is 17.8 Å². The minimum atomic E-state index is -4.75. The lowest BCUT2D eigenvalue weighted by Crippen LogP contribution is -2.14. The molecular weight excluding hydrogens is 417 g/mol. The monoisotopic (exact) mass is 434 g/mol. The van der Waals surface area contributed by atoms with Crippen LogP contribution in [0.3, 0.4) is 0 Å². The number of carbonyl (C=O) groups excluding carboxylic acids is 1. The first-order valence-corrected chi connectivity index (χ1v) is 10.3. The number of alkyl halides is 2. The summed E-state index contributed by atoms with van der Waals surface area (Å²) in [6.07, 6.45) is 0. The summed E-state index contributed by atoms with van der Waals surface area (Å²) in [5.41, 5.74) is 1.31. The molecule has 0 atom stereocenters. The zero-order valence-corrected chi connectivity index (χ0v) is 16.3. The number of para-hydroxylation sites is 1. The van der Waals surface area contributed by atoms with Crippen LogP contribution in [0.1, 0.15) is 15.9 Å². The van der Waals surface area contributed by atoms with Crippen LogP contribution in [0, 0.1) is 5.82 Å². The van der Waals surface area contributed by atoms with E-state index in [1.165, 1.54) is 36.4 Å². The number of anilines is 2. The number of benzene rings is 3. The maximum atomic E-state index is 13.3. The number of nitrogens with one attached hydrogen (secondary N) is 2. The number of rotatable bonds is 7. The van der Waals surface area contributed by atoms with E-state index in [1.807, 2.05) is 0 Å². The molecule has 3 rings (SSSR count). The van der Waals surface area contributed by atoms with Gasteiger partial charge in [-0.3, -0.25) is 4.79 Å². The molecule has 0 radical (unpaired) electrons. The Bertz CT molecular complexity index is 1170. The lowest BCUT2D eigenvalue weighted by atomic mass is 10.1. The topological polar surface area (TPSA) is 75.3 Å². The first-order valence-electron chi connectivity index (χ1n) is 8.78. The first kappa shape index (κ1) is 21.4. The van der Waals surface area contributed by atoms with E-state index in [0.717, 1.165) is 12.1 Å². The fraction of sp³-hybridized carbons (Fsp3) is 0.0952. The molecule has 0 bridgehead atoms. The van der Waals surface area contributed by atoms with E-state index in [1.54, 1.807) is 24.3 Å². The molecule has 2 N–H and O–H groups in total. The van der Waals surface area contributed by atoms with Gasteiger partial charge in [0.05, 0.1) is 10.6 Å². The highest BCUT2D eigenvalue weighted by Gasteiger charge is 2.28. The minimum absolute atomic E-state index is 0.0481. The summed E-state index contributed by atoms with van der Waals surface area (Å²) in [5.74, 6) is -4.55. The van der Waals surface area contributed by atoms with E-state index < -0.39 is 32.2 Å². The summed E-state index contributed by atoms with van der Waals surface area (Å²) in [6.45, 7) is 0.124. The van der Waals surface area contributed by atoms with Crippen LogP contribution in [0.5, 0.6) is 0 Å². The van der Waals surface area contributed by atoms with Gasteiger partial charge >= 0.3 is 5.76 Å². The molecule has 156 valence electrons. The van der Waals surface area contributed by atoms with Gasteiger partial charge in [-0.1, -0.05) is 30.3 Å². The Hall–Kier alpha value is -3.33. The van der Waals surface area contributed by atoms with Gasteiger partial charge in [-0.15, -0.1) is 0 Å². The Balaban J connectivity index is 1.74. The van der Waals surface area contributed by atoms with Crippen molar-refractivity contribution in [1.29, 1.82) is 0 Å². The van der Waals surface area contributed by atoms with Crippen molar-refractivity contribution >= 4 is 27.1 Å². The van der Waals surface area contributed by atoms with Crippen LogP contribution in [0.25, 0.3) is 0 Å². The molecule has 3 aromatic carbocycles. The van der Waals surface area contributed by atoms with E-state index in [0.29, 0.717) is 11.3 Å². The number of hydrogen-bond donors (Lipinski definition) is 2. The van der Waals surface area contributed by atoms with Crippen molar-refractivity contribution in [3.63, 3.8) is 0 Å². The van der Waals surface area contributed by atoms with Gasteiger partial charge < -0.3 is 10.6 Å². The van der Waals surface area contributed by atoms with Gasteiger partial charge in [-0.2, -0.15) is 8.78 Å². The lowest BCUT2D eigenvalue weighted by Gasteiger charge is -2.13. The third kappa shape index (κ3) is 4.98. The Morgan fingerprint density at radius 2 is 1.67 bits per heavy atom. The van der Waals surface area contributed by atoms with Gasteiger partial charge in [0.1, 0.15) is 5.82 Å². The van der Waals surface area contributed by atoms with E-state index in [4.69, 9.17) is 0 Å². The molecule has 0 unspecified atom stereocenters. The van der Waals surface area contributed by atoms with Crippen molar-refractivity contribution < 1.29 is 26.4 Å². The molecule has 0 aliphatic heterocycles. The molecule has 0 heterocycles. The third-order valence-electron chi connectivity index (χ3n) is 4.18. The predicted octanol–water partition coefficient (Wildman–Crippen LogP) is 4.69. The summed E-state index contributed by atoms with van der Waals surface area (Å²) >= 11 is 0. The fourth-order valence-corrected chi connectivity index (χ4v) is 3.65. The van der Waals surface area contributed by atoms with Gasteiger partial charge in [0.25, 0.3) is 5.91 Å². The summed E-state index contributed by atoms with van der Waals surface area (Å²) in [4.78, 5) is 11.8. The Morgan fingerprint density at radius 3 is 2.40 bits per heavy atom. The fourth-order valence-electron chi connectivity index (χ4n) is 2.75. The van der Waals surface area contributed by atoms with Crippen LogP contribution in [0.2, 0.25) is 0 Å². The SMILES string of the molecule is O=C(Nc1cccc(CNc2ccccc2S(=O)(=O)C(F)F)c1)c1cccc(F)c1. The number of hydrogen-bond acceptors (Lipinski definition) is 4. The highest BCUT2D eigenvalue weighted by atomic mass is 32.2. The van der Waals surface area contributed by atoms with Crippen molar-refractivity contribution in [2.75, 3.05) is 10.6 Å². The van der Waals surface area contributed by atoms with Crippen molar-refractivity contribution in [2.45, 2.75) is 17.2 Å². The Labute approximate surface area is 171 Å². The molecule has 3 aromatic rings. The van der Waals surface area contributed by atoms with Crippen molar-refractivity contribution in [3.8, 4) is 0 Å². The van der Waals surface area contributed by atoms with Crippen LogP contribution in [-0.2, 0) is 16.4 Å². The molecule has 0 aliphatic carbocycles. The van der Waals surface area contributed by atoms with Crippen LogP contribution in [0.15, 0.2) is 77.7 Å². The number of sulfone groups is 1. The average molecular weight is 434 g/mol. The smallest absolute Gasteiger partial charge is 0.341 e. The molecular formula is C21H17F3N2O3S. The second kappa shape index (κ2) is 9.00. The van der Waals surface area contributed by atoms with E-state index in [2.05, 4.69) is 10.6 Å². The third-order valence-corrected chi connectivity index (χ3v) is 5.62. The molecule has 0 aliphatic rings. The first-order chi connectivity index (χ1) is 14.3. The molecule has 0 spiro atoms. The molecule has 0 saturated heterocycles. The summed E-state index contributed by atoms with van der Waals surface area (Å²) in [7, 11) is -4.75. The largest absolute Gasteiger partial charge is 0.380 e. The Kier molecular flexibility index (Phi) is 6.41. The van der Waals surface area contributed by atoms with Crippen LogP contribution in [0.4, 0.5) is 24.5 Å². The van der Waals surface area contributed by atoms with Crippen LogP contribution < -0.4 is 10.6 Å². The van der Waals surface area contributed by atoms with Crippen LogP contribution >= 0.6 is 0 Å². The van der Waals surface area contributed by atoms with Gasteiger partial charge in [-0.25, -0.2) is 12.8 Å². The lowest BCUT2D eigenvalue weighted by molar-refractivity contribution is 0.102. The molecule has 1 amide bonds. The maximum Gasteiger partial charge on any atom is 0.341 e. The quantitative estimate of drug-likeness (QED) is 0.566. The summed E-state index contributed by atoms with van der Waals surface area (Å²) < 4.78 is 62.8. The Morgan fingerprint density at radius 1 is 0.933 bits per heavy atom.